The Balaban J connectivity index is 2.35. The SMILES string of the molecule is CCOC1(C(N)c2cc(F)ccc2F)CCCC(C)C1. The lowest BCUT2D eigenvalue weighted by Crippen LogP contribution is -2.47. The minimum Gasteiger partial charge on any atom is -0.373 e. The summed E-state index contributed by atoms with van der Waals surface area (Å²) in [7, 11) is 0. The fourth-order valence-electron chi connectivity index (χ4n) is 3.37. The predicted octanol–water partition coefficient (Wildman–Crippen LogP) is 3.95. The van der Waals surface area contributed by atoms with Crippen molar-refractivity contribution in [1.29, 1.82) is 0 Å². The number of ether oxygens (including phenoxy) is 1. The van der Waals surface area contributed by atoms with Crippen molar-refractivity contribution in [1.82, 2.24) is 0 Å². The van der Waals surface area contributed by atoms with Gasteiger partial charge in [-0.25, -0.2) is 8.78 Å². The molecule has 1 saturated carbocycles. The summed E-state index contributed by atoms with van der Waals surface area (Å²) in [6.07, 6.45) is 3.72. The number of rotatable bonds is 4. The second-order valence-corrected chi connectivity index (χ2v) is 5.84. The van der Waals surface area contributed by atoms with Gasteiger partial charge in [0.25, 0.3) is 0 Å². The van der Waals surface area contributed by atoms with Crippen molar-refractivity contribution >= 4 is 0 Å². The highest BCUT2D eigenvalue weighted by atomic mass is 19.1. The molecular weight excluding hydrogens is 260 g/mol. The van der Waals surface area contributed by atoms with E-state index in [1.165, 1.54) is 6.07 Å². The maximum atomic E-state index is 14.0. The van der Waals surface area contributed by atoms with Crippen molar-refractivity contribution in [3.63, 3.8) is 0 Å². The molecule has 0 bridgehead atoms. The van der Waals surface area contributed by atoms with E-state index >= 15 is 0 Å². The van der Waals surface area contributed by atoms with Crippen molar-refractivity contribution in [2.45, 2.75) is 51.2 Å². The summed E-state index contributed by atoms with van der Waals surface area (Å²) in [5.41, 5.74) is 5.92. The van der Waals surface area contributed by atoms with E-state index in [4.69, 9.17) is 10.5 Å². The van der Waals surface area contributed by atoms with Gasteiger partial charge in [-0.15, -0.1) is 0 Å². The number of nitrogens with two attached hydrogens (primary N) is 1. The maximum Gasteiger partial charge on any atom is 0.128 e. The van der Waals surface area contributed by atoms with Crippen LogP contribution >= 0.6 is 0 Å². The first-order valence-corrected chi connectivity index (χ1v) is 7.33. The summed E-state index contributed by atoms with van der Waals surface area (Å²) in [6.45, 7) is 4.59. The molecule has 3 atom stereocenters. The molecule has 0 saturated heterocycles. The van der Waals surface area contributed by atoms with Crippen LogP contribution in [-0.4, -0.2) is 12.2 Å². The summed E-state index contributed by atoms with van der Waals surface area (Å²) in [5.74, 6) is -0.443. The molecule has 4 heteroatoms. The molecule has 2 nitrogen and oxygen atoms in total. The standard InChI is InChI=1S/C16H23F2NO/c1-3-20-16(8-4-5-11(2)10-16)15(19)13-9-12(17)6-7-14(13)18/h6-7,9,11,15H,3-5,8,10,19H2,1-2H3. The Hall–Kier alpha value is -1.00. The molecule has 3 unspecified atom stereocenters. The lowest BCUT2D eigenvalue weighted by atomic mass is 9.73. The highest BCUT2D eigenvalue weighted by Crippen LogP contribution is 2.43. The van der Waals surface area contributed by atoms with Gasteiger partial charge in [-0.1, -0.05) is 19.8 Å². The molecule has 1 aliphatic rings. The van der Waals surface area contributed by atoms with E-state index in [0.29, 0.717) is 12.5 Å². The lowest BCUT2D eigenvalue weighted by molar-refractivity contribution is -0.0944. The maximum absolute atomic E-state index is 14.0. The highest BCUT2D eigenvalue weighted by Gasteiger charge is 2.42. The van der Waals surface area contributed by atoms with Crippen molar-refractivity contribution in [3.8, 4) is 0 Å². The van der Waals surface area contributed by atoms with Gasteiger partial charge in [-0.2, -0.15) is 0 Å². The molecule has 0 heterocycles. The normalized spacial score (nSPS) is 28.4. The Bertz CT molecular complexity index is 462. The first-order chi connectivity index (χ1) is 9.48. The molecule has 0 radical (unpaired) electrons. The Kier molecular flexibility index (Phi) is 4.76. The van der Waals surface area contributed by atoms with Gasteiger partial charge in [-0.3, -0.25) is 0 Å². The Labute approximate surface area is 119 Å². The molecule has 1 aliphatic carbocycles. The zero-order chi connectivity index (χ0) is 14.8. The summed E-state index contributed by atoms with van der Waals surface area (Å²) in [4.78, 5) is 0. The van der Waals surface area contributed by atoms with Crippen LogP contribution in [0.1, 0.15) is 51.1 Å². The molecule has 0 aromatic heterocycles. The van der Waals surface area contributed by atoms with Crippen LogP contribution < -0.4 is 5.73 Å². The third-order valence-corrected chi connectivity index (χ3v) is 4.28. The van der Waals surface area contributed by atoms with Gasteiger partial charge < -0.3 is 10.5 Å². The van der Waals surface area contributed by atoms with Crippen LogP contribution in [-0.2, 0) is 4.74 Å². The first-order valence-electron chi connectivity index (χ1n) is 7.33. The molecule has 0 aliphatic heterocycles. The van der Waals surface area contributed by atoms with Gasteiger partial charge in [0.2, 0.25) is 0 Å². The van der Waals surface area contributed by atoms with E-state index in [0.717, 1.165) is 37.8 Å². The van der Waals surface area contributed by atoms with E-state index in [1.54, 1.807) is 0 Å². The van der Waals surface area contributed by atoms with Gasteiger partial charge in [0.05, 0.1) is 11.6 Å². The number of hydrogen-bond acceptors (Lipinski definition) is 2. The molecule has 1 aromatic carbocycles. The second kappa shape index (κ2) is 6.19. The first kappa shape index (κ1) is 15.4. The highest BCUT2D eigenvalue weighted by molar-refractivity contribution is 5.25. The van der Waals surface area contributed by atoms with Crippen molar-refractivity contribution in [2.24, 2.45) is 11.7 Å². The summed E-state index contributed by atoms with van der Waals surface area (Å²) in [5, 5.41) is 0. The van der Waals surface area contributed by atoms with E-state index in [2.05, 4.69) is 6.92 Å². The predicted molar refractivity (Wildman–Crippen MR) is 75.3 cm³/mol. The monoisotopic (exact) mass is 283 g/mol. The van der Waals surface area contributed by atoms with Crippen molar-refractivity contribution in [3.05, 3.63) is 35.4 Å². The number of halogens is 2. The van der Waals surface area contributed by atoms with Crippen LogP contribution in [0.25, 0.3) is 0 Å². The zero-order valence-electron chi connectivity index (χ0n) is 12.2. The average Bonchev–Trinajstić information content (AvgIpc) is 2.41. The minimum absolute atomic E-state index is 0.215. The summed E-state index contributed by atoms with van der Waals surface area (Å²) in [6, 6.07) is 2.81. The van der Waals surface area contributed by atoms with Crippen molar-refractivity contribution < 1.29 is 13.5 Å². The molecule has 2 N–H and O–H groups in total. The third-order valence-electron chi connectivity index (χ3n) is 4.28. The topological polar surface area (TPSA) is 35.2 Å². The fourth-order valence-corrected chi connectivity index (χ4v) is 3.37. The van der Waals surface area contributed by atoms with Gasteiger partial charge in [0, 0.05) is 12.2 Å². The largest absolute Gasteiger partial charge is 0.373 e. The molecular formula is C16H23F2NO. The van der Waals surface area contributed by atoms with E-state index in [9.17, 15) is 8.78 Å². The Morgan fingerprint density at radius 2 is 2.20 bits per heavy atom. The number of benzene rings is 1. The van der Waals surface area contributed by atoms with E-state index < -0.39 is 23.3 Å². The molecule has 1 fully saturated rings. The molecule has 0 spiro atoms. The van der Waals surface area contributed by atoms with Crippen LogP contribution in [0.4, 0.5) is 8.78 Å². The molecule has 0 amide bonds. The molecule has 1 aromatic rings. The summed E-state index contributed by atoms with van der Waals surface area (Å²) < 4.78 is 33.3. The van der Waals surface area contributed by atoms with Crippen LogP contribution in [0, 0.1) is 17.6 Å². The quantitative estimate of drug-likeness (QED) is 0.908. The average molecular weight is 283 g/mol. The Morgan fingerprint density at radius 3 is 2.85 bits per heavy atom. The zero-order valence-corrected chi connectivity index (χ0v) is 12.2. The smallest absolute Gasteiger partial charge is 0.128 e. The number of hydrogen-bond donors (Lipinski definition) is 1. The van der Waals surface area contributed by atoms with Gasteiger partial charge in [0.1, 0.15) is 11.6 Å². The van der Waals surface area contributed by atoms with Crippen LogP contribution in [0.5, 0.6) is 0 Å². The van der Waals surface area contributed by atoms with Gasteiger partial charge in [-0.05, 0) is 43.9 Å². The van der Waals surface area contributed by atoms with Crippen molar-refractivity contribution in [2.75, 3.05) is 6.61 Å². The Morgan fingerprint density at radius 1 is 1.45 bits per heavy atom. The molecule has 2 rings (SSSR count). The lowest BCUT2D eigenvalue weighted by Gasteiger charge is -2.44. The van der Waals surface area contributed by atoms with E-state index in [1.807, 2.05) is 6.92 Å². The van der Waals surface area contributed by atoms with Crippen LogP contribution in [0.15, 0.2) is 18.2 Å². The van der Waals surface area contributed by atoms with Gasteiger partial charge >= 0.3 is 0 Å². The third kappa shape index (κ3) is 3.01. The second-order valence-electron chi connectivity index (χ2n) is 5.84. The van der Waals surface area contributed by atoms with E-state index in [-0.39, 0.29) is 5.56 Å². The molecule has 20 heavy (non-hydrogen) atoms. The van der Waals surface area contributed by atoms with Crippen LogP contribution in [0.2, 0.25) is 0 Å². The van der Waals surface area contributed by atoms with Gasteiger partial charge in [0.15, 0.2) is 0 Å². The fraction of sp³-hybridized carbons (Fsp3) is 0.625. The molecule has 112 valence electrons. The minimum atomic E-state index is -0.638. The summed E-state index contributed by atoms with van der Waals surface area (Å²) >= 11 is 0. The van der Waals surface area contributed by atoms with Crippen LogP contribution in [0.3, 0.4) is 0 Å².